The summed E-state index contributed by atoms with van der Waals surface area (Å²) in [5.74, 6) is 0.898. The molecule has 1 aliphatic carbocycles. The maximum absolute atomic E-state index is 12.6. The molecule has 0 aromatic rings. The molecule has 0 aromatic carbocycles. The van der Waals surface area contributed by atoms with Gasteiger partial charge in [-0.3, -0.25) is 4.79 Å². The molecular weight excluding hydrogens is 240 g/mol. The molecular formula is C15H26N2O2. The predicted octanol–water partition coefficient (Wildman–Crippen LogP) is 1.54. The van der Waals surface area contributed by atoms with Crippen molar-refractivity contribution in [3.8, 4) is 0 Å². The summed E-state index contributed by atoms with van der Waals surface area (Å²) < 4.78 is 5.76. The van der Waals surface area contributed by atoms with Gasteiger partial charge in [0.1, 0.15) is 6.10 Å². The highest BCUT2D eigenvalue weighted by Gasteiger charge is 2.39. The van der Waals surface area contributed by atoms with Crippen LogP contribution in [0.4, 0.5) is 0 Å². The van der Waals surface area contributed by atoms with E-state index in [2.05, 4.69) is 17.1 Å². The van der Waals surface area contributed by atoms with Crippen molar-refractivity contribution >= 4 is 5.91 Å². The Morgan fingerprint density at radius 3 is 2.68 bits per heavy atom. The minimum atomic E-state index is -0.160. The normalized spacial score (nSPS) is 35.3. The lowest BCUT2D eigenvalue weighted by atomic mass is 9.98. The van der Waals surface area contributed by atoms with Crippen molar-refractivity contribution in [2.75, 3.05) is 19.6 Å². The summed E-state index contributed by atoms with van der Waals surface area (Å²) in [5, 5.41) is 3.45. The van der Waals surface area contributed by atoms with Gasteiger partial charge >= 0.3 is 0 Å². The van der Waals surface area contributed by atoms with Crippen LogP contribution in [0, 0.1) is 5.92 Å². The second kappa shape index (κ2) is 5.80. The Balaban J connectivity index is 1.58. The molecule has 0 radical (unpaired) electrons. The summed E-state index contributed by atoms with van der Waals surface area (Å²) >= 11 is 0. The van der Waals surface area contributed by atoms with Crippen LogP contribution in [0.1, 0.15) is 45.4 Å². The summed E-state index contributed by atoms with van der Waals surface area (Å²) in [6.07, 6.45) is 6.91. The summed E-state index contributed by atoms with van der Waals surface area (Å²) in [7, 11) is 0. The first-order chi connectivity index (χ1) is 9.24. The predicted molar refractivity (Wildman–Crippen MR) is 73.9 cm³/mol. The SMILES string of the molecule is CC1CCC(C(=O)N(CC2CCCNC2)C2CC2)O1. The van der Waals surface area contributed by atoms with E-state index in [1.807, 2.05) is 0 Å². The fourth-order valence-electron chi connectivity index (χ4n) is 3.33. The van der Waals surface area contributed by atoms with E-state index in [9.17, 15) is 4.79 Å². The van der Waals surface area contributed by atoms with E-state index in [1.165, 1.54) is 25.7 Å². The van der Waals surface area contributed by atoms with Crippen LogP contribution in [0.5, 0.6) is 0 Å². The quantitative estimate of drug-likeness (QED) is 0.839. The van der Waals surface area contributed by atoms with Crippen molar-refractivity contribution in [2.45, 2.75) is 63.7 Å². The molecule has 3 aliphatic rings. The van der Waals surface area contributed by atoms with Crippen LogP contribution in [0.2, 0.25) is 0 Å². The van der Waals surface area contributed by atoms with Crippen molar-refractivity contribution < 1.29 is 9.53 Å². The fraction of sp³-hybridized carbons (Fsp3) is 0.933. The van der Waals surface area contributed by atoms with Crippen molar-refractivity contribution in [1.82, 2.24) is 10.2 Å². The van der Waals surface area contributed by atoms with Gasteiger partial charge in [-0.15, -0.1) is 0 Å². The second-order valence-corrected chi connectivity index (χ2v) is 6.45. The largest absolute Gasteiger partial charge is 0.365 e. The Morgan fingerprint density at radius 2 is 2.11 bits per heavy atom. The number of nitrogens with zero attached hydrogens (tertiary/aromatic N) is 1. The number of ether oxygens (including phenoxy) is 1. The van der Waals surface area contributed by atoms with Crippen LogP contribution in [0.3, 0.4) is 0 Å². The van der Waals surface area contributed by atoms with Gasteiger partial charge in [0.05, 0.1) is 6.10 Å². The lowest BCUT2D eigenvalue weighted by molar-refractivity contribution is -0.144. The molecule has 1 saturated carbocycles. The third-order valence-electron chi connectivity index (χ3n) is 4.63. The third-order valence-corrected chi connectivity index (χ3v) is 4.63. The van der Waals surface area contributed by atoms with Gasteiger partial charge in [-0.1, -0.05) is 0 Å². The minimum Gasteiger partial charge on any atom is -0.365 e. The van der Waals surface area contributed by atoms with Crippen molar-refractivity contribution in [3.05, 3.63) is 0 Å². The Hall–Kier alpha value is -0.610. The molecule has 3 fully saturated rings. The number of nitrogens with one attached hydrogen (secondary N) is 1. The van der Waals surface area contributed by atoms with Crippen LogP contribution in [-0.4, -0.2) is 48.7 Å². The standard InChI is InChI=1S/C15H26N2O2/c1-11-4-7-14(19-11)15(18)17(13-5-6-13)10-12-3-2-8-16-9-12/h11-14,16H,2-10H2,1H3. The molecule has 4 heteroatoms. The van der Waals surface area contributed by atoms with Crippen LogP contribution in [0.15, 0.2) is 0 Å². The Bertz CT molecular complexity index is 324. The first-order valence-electron chi connectivity index (χ1n) is 7.90. The Labute approximate surface area is 115 Å². The van der Waals surface area contributed by atoms with Gasteiger partial charge in [0.2, 0.25) is 0 Å². The average Bonchev–Trinajstić information content (AvgIpc) is 3.18. The Morgan fingerprint density at radius 1 is 1.26 bits per heavy atom. The molecule has 1 N–H and O–H groups in total. The first kappa shape index (κ1) is 13.4. The highest BCUT2D eigenvalue weighted by molar-refractivity contribution is 5.81. The summed E-state index contributed by atoms with van der Waals surface area (Å²) in [6.45, 7) is 5.21. The number of hydrogen-bond donors (Lipinski definition) is 1. The zero-order chi connectivity index (χ0) is 13.2. The summed E-state index contributed by atoms with van der Waals surface area (Å²) in [4.78, 5) is 14.8. The van der Waals surface area contributed by atoms with E-state index in [1.54, 1.807) is 0 Å². The third kappa shape index (κ3) is 3.29. The molecule has 2 aliphatic heterocycles. The van der Waals surface area contributed by atoms with E-state index >= 15 is 0 Å². The van der Waals surface area contributed by atoms with Crippen LogP contribution < -0.4 is 5.32 Å². The smallest absolute Gasteiger partial charge is 0.251 e. The van der Waals surface area contributed by atoms with Gasteiger partial charge in [0, 0.05) is 12.6 Å². The number of hydrogen-bond acceptors (Lipinski definition) is 3. The first-order valence-corrected chi connectivity index (χ1v) is 7.90. The van der Waals surface area contributed by atoms with Crippen LogP contribution >= 0.6 is 0 Å². The average molecular weight is 266 g/mol. The highest BCUT2D eigenvalue weighted by atomic mass is 16.5. The molecule has 3 unspecified atom stereocenters. The lowest BCUT2D eigenvalue weighted by Crippen LogP contribution is -2.46. The molecule has 108 valence electrons. The maximum atomic E-state index is 12.6. The maximum Gasteiger partial charge on any atom is 0.251 e. The number of amides is 1. The second-order valence-electron chi connectivity index (χ2n) is 6.45. The number of rotatable bonds is 4. The topological polar surface area (TPSA) is 41.6 Å². The number of carbonyl (C=O) groups excluding carboxylic acids is 1. The molecule has 4 nitrogen and oxygen atoms in total. The molecule has 0 spiro atoms. The summed E-state index contributed by atoms with van der Waals surface area (Å²) in [6, 6.07) is 0.508. The minimum absolute atomic E-state index is 0.160. The molecule has 0 aromatic heterocycles. The van der Waals surface area contributed by atoms with E-state index in [-0.39, 0.29) is 18.1 Å². The van der Waals surface area contributed by atoms with Gasteiger partial charge in [-0.2, -0.15) is 0 Å². The zero-order valence-electron chi connectivity index (χ0n) is 11.9. The fourth-order valence-corrected chi connectivity index (χ4v) is 3.33. The molecule has 19 heavy (non-hydrogen) atoms. The van der Waals surface area contributed by atoms with Crippen LogP contribution in [0.25, 0.3) is 0 Å². The zero-order valence-corrected chi connectivity index (χ0v) is 11.9. The van der Waals surface area contributed by atoms with Gasteiger partial charge in [-0.25, -0.2) is 0 Å². The van der Waals surface area contributed by atoms with E-state index in [0.29, 0.717) is 12.0 Å². The number of piperidine rings is 1. The molecule has 3 rings (SSSR count). The van der Waals surface area contributed by atoms with Gasteiger partial charge in [-0.05, 0) is 64.5 Å². The molecule has 3 atom stereocenters. The molecule has 2 heterocycles. The van der Waals surface area contributed by atoms with E-state index < -0.39 is 0 Å². The van der Waals surface area contributed by atoms with Crippen molar-refractivity contribution in [1.29, 1.82) is 0 Å². The number of carbonyl (C=O) groups is 1. The van der Waals surface area contributed by atoms with Gasteiger partial charge in [0.15, 0.2) is 0 Å². The monoisotopic (exact) mass is 266 g/mol. The van der Waals surface area contributed by atoms with Gasteiger partial charge < -0.3 is 15.0 Å². The van der Waals surface area contributed by atoms with E-state index in [4.69, 9.17) is 4.74 Å². The summed E-state index contributed by atoms with van der Waals surface area (Å²) in [5.41, 5.74) is 0. The molecule has 2 saturated heterocycles. The Kier molecular flexibility index (Phi) is 4.08. The van der Waals surface area contributed by atoms with Gasteiger partial charge in [0.25, 0.3) is 5.91 Å². The highest BCUT2D eigenvalue weighted by Crippen LogP contribution is 2.31. The lowest BCUT2D eigenvalue weighted by Gasteiger charge is -2.31. The molecule has 0 bridgehead atoms. The van der Waals surface area contributed by atoms with Crippen molar-refractivity contribution in [2.24, 2.45) is 5.92 Å². The van der Waals surface area contributed by atoms with Crippen LogP contribution in [-0.2, 0) is 9.53 Å². The van der Waals surface area contributed by atoms with E-state index in [0.717, 1.165) is 32.5 Å². The molecule has 1 amide bonds. The van der Waals surface area contributed by atoms with Crippen molar-refractivity contribution in [3.63, 3.8) is 0 Å².